The third-order valence-electron chi connectivity index (χ3n) is 10.9. The van der Waals surface area contributed by atoms with Gasteiger partial charge in [-0.15, -0.1) is 0 Å². The van der Waals surface area contributed by atoms with Gasteiger partial charge in [0.1, 0.15) is 0 Å². The molecule has 0 aliphatic heterocycles. The van der Waals surface area contributed by atoms with Crippen molar-refractivity contribution in [2.45, 2.75) is 105 Å². The van der Waals surface area contributed by atoms with Gasteiger partial charge in [0.2, 0.25) is 0 Å². The molecule has 0 radical (unpaired) electrons. The average Bonchev–Trinajstić information content (AvgIpc) is 2.97. The second kappa shape index (κ2) is 6.77. The van der Waals surface area contributed by atoms with Gasteiger partial charge in [0.25, 0.3) is 0 Å². The topological polar surface area (TPSA) is 37.3 Å². The molecule has 1 N–H and O–H groups in total. The van der Waals surface area contributed by atoms with Gasteiger partial charge in [-0.2, -0.15) is 0 Å². The molecule has 0 amide bonds. The molecule has 4 rings (SSSR count). The molecule has 27 heavy (non-hydrogen) atoms. The molecule has 0 spiro atoms. The normalized spacial score (nSPS) is 50.4. The SMILES string of the molecule is C[C@H](CCC(=O)O)C1CCC2C3CCC4(C)CCCCC4(C)C3CCC21C. The maximum absolute atomic E-state index is 11.1. The first kappa shape index (κ1) is 19.8. The Balaban J connectivity index is 1.54. The van der Waals surface area contributed by atoms with Gasteiger partial charge in [0.15, 0.2) is 0 Å². The highest BCUT2D eigenvalue weighted by molar-refractivity contribution is 5.66. The van der Waals surface area contributed by atoms with Crippen molar-refractivity contribution in [1.82, 2.24) is 0 Å². The number of rotatable bonds is 4. The van der Waals surface area contributed by atoms with Gasteiger partial charge in [-0.3, -0.25) is 4.79 Å². The summed E-state index contributed by atoms with van der Waals surface area (Å²) in [6.07, 6.45) is 15.6. The van der Waals surface area contributed by atoms with Gasteiger partial charge in [-0.1, -0.05) is 40.5 Å². The number of carboxylic acid groups (broad SMARTS) is 1. The first-order chi connectivity index (χ1) is 12.7. The van der Waals surface area contributed by atoms with Gasteiger partial charge in [-0.25, -0.2) is 0 Å². The number of carbonyl (C=O) groups is 1. The van der Waals surface area contributed by atoms with E-state index in [0.29, 0.717) is 28.6 Å². The molecule has 2 nitrogen and oxygen atoms in total. The molecule has 0 heterocycles. The van der Waals surface area contributed by atoms with Gasteiger partial charge in [0, 0.05) is 6.42 Å². The quantitative estimate of drug-likeness (QED) is 0.579. The Morgan fingerprint density at radius 2 is 1.70 bits per heavy atom. The van der Waals surface area contributed by atoms with Crippen molar-refractivity contribution in [1.29, 1.82) is 0 Å². The van der Waals surface area contributed by atoms with E-state index in [9.17, 15) is 4.79 Å². The van der Waals surface area contributed by atoms with Crippen LogP contribution in [-0.2, 0) is 4.79 Å². The summed E-state index contributed by atoms with van der Waals surface area (Å²) in [4.78, 5) is 11.1. The summed E-state index contributed by atoms with van der Waals surface area (Å²) in [6.45, 7) is 10.2. The van der Waals surface area contributed by atoms with Crippen LogP contribution in [0.5, 0.6) is 0 Å². The molecule has 4 fully saturated rings. The van der Waals surface area contributed by atoms with E-state index in [1.54, 1.807) is 0 Å². The van der Waals surface area contributed by atoms with Gasteiger partial charge < -0.3 is 5.11 Å². The highest BCUT2D eigenvalue weighted by Gasteiger charge is 2.62. The Morgan fingerprint density at radius 3 is 2.44 bits per heavy atom. The number of fused-ring (bicyclic) bond motifs is 5. The minimum Gasteiger partial charge on any atom is -0.481 e. The zero-order valence-corrected chi connectivity index (χ0v) is 18.2. The molecule has 4 aliphatic rings. The second-order valence-electron chi connectivity index (χ2n) is 11.7. The fraction of sp³-hybridized carbons (Fsp3) is 0.960. The minimum atomic E-state index is -0.623. The molecule has 154 valence electrons. The maximum Gasteiger partial charge on any atom is 0.303 e. The molecule has 0 aromatic carbocycles. The van der Waals surface area contributed by atoms with Crippen molar-refractivity contribution in [2.75, 3.05) is 0 Å². The van der Waals surface area contributed by atoms with E-state index in [0.717, 1.165) is 30.1 Å². The van der Waals surface area contributed by atoms with Crippen LogP contribution in [0, 0.1) is 45.8 Å². The molecule has 7 unspecified atom stereocenters. The minimum absolute atomic E-state index is 0.348. The summed E-state index contributed by atoms with van der Waals surface area (Å²) in [7, 11) is 0. The smallest absolute Gasteiger partial charge is 0.303 e. The lowest BCUT2D eigenvalue weighted by Gasteiger charge is -2.65. The van der Waals surface area contributed by atoms with Gasteiger partial charge in [-0.05, 0) is 104 Å². The first-order valence-electron chi connectivity index (χ1n) is 11.9. The van der Waals surface area contributed by atoms with Gasteiger partial charge in [0.05, 0.1) is 0 Å². The van der Waals surface area contributed by atoms with E-state index >= 15 is 0 Å². The molecular formula is C25H42O2. The molecular weight excluding hydrogens is 332 g/mol. The van der Waals surface area contributed by atoms with Crippen molar-refractivity contribution < 1.29 is 9.90 Å². The molecule has 0 saturated heterocycles. The summed E-state index contributed by atoms with van der Waals surface area (Å²) >= 11 is 0. The lowest BCUT2D eigenvalue weighted by Crippen LogP contribution is -2.56. The van der Waals surface area contributed by atoms with Crippen LogP contribution in [0.1, 0.15) is 105 Å². The molecule has 0 aromatic rings. The Bertz CT molecular complexity index is 585. The molecule has 4 saturated carbocycles. The number of hydrogen-bond donors (Lipinski definition) is 1. The highest BCUT2D eigenvalue weighted by atomic mass is 16.4. The van der Waals surface area contributed by atoms with Crippen molar-refractivity contribution in [3.63, 3.8) is 0 Å². The first-order valence-corrected chi connectivity index (χ1v) is 11.9. The monoisotopic (exact) mass is 374 g/mol. The van der Waals surface area contributed by atoms with Crippen LogP contribution >= 0.6 is 0 Å². The summed E-state index contributed by atoms with van der Waals surface area (Å²) < 4.78 is 0. The lowest BCUT2D eigenvalue weighted by molar-refractivity contribution is -0.154. The Hall–Kier alpha value is -0.530. The zero-order chi connectivity index (χ0) is 19.4. The highest BCUT2D eigenvalue weighted by Crippen LogP contribution is 2.71. The molecule has 0 bridgehead atoms. The maximum atomic E-state index is 11.1. The van der Waals surface area contributed by atoms with Crippen LogP contribution in [0.2, 0.25) is 0 Å². The fourth-order valence-corrected chi connectivity index (χ4v) is 9.13. The van der Waals surface area contributed by atoms with E-state index in [2.05, 4.69) is 27.7 Å². The third-order valence-corrected chi connectivity index (χ3v) is 10.9. The fourth-order valence-electron chi connectivity index (χ4n) is 9.13. The van der Waals surface area contributed by atoms with E-state index in [4.69, 9.17) is 5.11 Å². The predicted octanol–water partition coefficient (Wildman–Crippen LogP) is 6.93. The van der Waals surface area contributed by atoms with Crippen LogP contribution in [0.25, 0.3) is 0 Å². The van der Waals surface area contributed by atoms with Crippen LogP contribution in [0.15, 0.2) is 0 Å². The summed E-state index contributed by atoms with van der Waals surface area (Å²) in [5, 5.41) is 9.12. The lowest BCUT2D eigenvalue weighted by atomic mass is 9.40. The Morgan fingerprint density at radius 1 is 0.963 bits per heavy atom. The van der Waals surface area contributed by atoms with Gasteiger partial charge >= 0.3 is 5.97 Å². The van der Waals surface area contributed by atoms with E-state index in [1.165, 1.54) is 64.2 Å². The molecule has 8 atom stereocenters. The van der Waals surface area contributed by atoms with E-state index < -0.39 is 5.97 Å². The zero-order valence-electron chi connectivity index (χ0n) is 18.2. The standard InChI is InChI=1S/C25H42O2/c1-17(7-10-22(26)27)19-8-9-20-18-11-15-23(2)13-5-6-14-25(23,4)21(18)12-16-24(19,20)3/h17-21H,5-16H2,1-4H3,(H,26,27)/t17-,18?,19?,20?,21?,23?,24?,25?/m1/s1. The van der Waals surface area contributed by atoms with Crippen LogP contribution in [0.3, 0.4) is 0 Å². The van der Waals surface area contributed by atoms with E-state index in [-0.39, 0.29) is 0 Å². The summed E-state index contributed by atoms with van der Waals surface area (Å²) in [5.74, 6) is 3.47. The third kappa shape index (κ3) is 2.91. The van der Waals surface area contributed by atoms with Crippen LogP contribution < -0.4 is 0 Å². The van der Waals surface area contributed by atoms with Crippen molar-refractivity contribution in [2.24, 2.45) is 45.8 Å². The largest absolute Gasteiger partial charge is 0.481 e. The molecule has 0 aromatic heterocycles. The Labute approximate surface area is 166 Å². The van der Waals surface area contributed by atoms with Crippen LogP contribution in [-0.4, -0.2) is 11.1 Å². The van der Waals surface area contributed by atoms with Crippen molar-refractivity contribution in [3.05, 3.63) is 0 Å². The number of carboxylic acids is 1. The predicted molar refractivity (Wildman–Crippen MR) is 110 cm³/mol. The Kier molecular flexibility index (Phi) is 4.96. The van der Waals surface area contributed by atoms with Crippen molar-refractivity contribution >= 4 is 5.97 Å². The number of aliphatic carboxylic acids is 1. The van der Waals surface area contributed by atoms with Crippen molar-refractivity contribution in [3.8, 4) is 0 Å². The molecule has 2 heteroatoms. The van der Waals surface area contributed by atoms with Crippen LogP contribution in [0.4, 0.5) is 0 Å². The summed E-state index contributed by atoms with van der Waals surface area (Å²) in [6, 6.07) is 0. The summed E-state index contributed by atoms with van der Waals surface area (Å²) in [5.41, 5.74) is 1.63. The average molecular weight is 375 g/mol. The molecule has 4 aliphatic carbocycles. The second-order valence-corrected chi connectivity index (χ2v) is 11.7. The van der Waals surface area contributed by atoms with E-state index in [1.807, 2.05) is 0 Å². The number of hydrogen-bond acceptors (Lipinski definition) is 1.